The second kappa shape index (κ2) is 6.42. The lowest BCUT2D eigenvalue weighted by Crippen LogP contribution is -2.43. The summed E-state index contributed by atoms with van der Waals surface area (Å²) < 4.78 is 0. The normalized spacial score (nSPS) is 23.3. The minimum absolute atomic E-state index is 0.317. The molecule has 1 saturated carbocycles. The first-order valence-electron chi connectivity index (χ1n) is 6.75. The Bertz CT molecular complexity index is 396. The summed E-state index contributed by atoms with van der Waals surface area (Å²) in [5.74, 6) is 0. The number of nitrogens with zero attached hydrogens (tertiary/aromatic N) is 2. The van der Waals surface area contributed by atoms with Gasteiger partial charge in [0.15, 0.2) is 0 Å². The van der Waals surface area contributed by atoms with Crippen molar-refractivity contribution >= 4 is 5.69 Å². The van der Waals surface area contributed by atoms with Gasteiger partial charge in [-0.15, -0.1) is 0 Å². The van der Waals surface area contributed by atoms with Crippen LogP contribution in [0.4, 0.5) is 5.69 Å². The predicted molar refractivity (Wildman–Crippen MR) is 74.2 cm³/mol. The number of nitrogens with two attached hydrogens (primary N) is 1. The molecule has 0 radical (unpaired) electrons. The summed E-state index contributed by atoms with van der Waals surface area (Å²) in [5.41, 5.74) is 7.29. The molecule has 0 amide bonds. The first-order valence-corrected chi connectivity index (χ1v) is 6.75. The van der Waals surface area contributed by atoms with Gasteiger partial charge >= 0.3 is 0 Å². The van der Waals surface area contributed by atoms with Crippen LogP contribution < -0.4 is 10.6 Å². The fourth-order valence-electron chi connectivity index (χ4n) is 2.80. The van der Waals surface area contributed by atoms with Gasteiger partial charge in [0.1, 0.15) is 0 Å². The monoisotopic (exact) mass is 243 g/mol. The van der Waals surface area contributed by atoms with Gasteiger partial charge in [-0.05, 0) is 37.8 Å². The first kappa shape index (κ1) is 12.9. The van der Waals surface area contributed by atoms with Gasteiger partial charge in [-0.1, -0.05) is 18.2 Å². The average molecular weight is 243 g/mol. The van der Waals surface area contributed by atoms with Crippen molar-refractivity contribution in [1.82, 2.24) is 0 Å². The number of anilines is 1. The zero-order chi connectivity index (χ0) is 12.8. The fraction of sp³-hybridized carbons (Fsp3) is 0.533. The van der Waals surface area contributed by atoms with Crippen molar-refractivity contribution < 1.29 is 0 Å². The topological polar surface area (TPSA) is 53.0 Å². The van der Waals surface area contributed by atoms with E-state index in [1.165, 1.54) is 18.5 Å². The van der Waals surface area contributed by atoms with E-state index >= 15 is 0 Å². The Hall–Kier alpha value is -1.53. The summed E-state index contributed by atoms with van der Waals surface area (Å²) in [5, 5.41) is 8.81. The van der Waals surface area contributed by atoms with Crippen LogP contribution in [-0.4, -0.2) is 18.6 Å². The molecule has 0 aliphatic heterocycles. The Morgan fingerprint density at radius 2 is 2.06 bits per heavy atom. The summed E-state index contributed by atoms with van der Waals surface area (Å²) in [6.45, 7) is 0.803. The summed E-state index contributed by atoms with van der Waals surface area (Å²) in [6.07, 6.45) is 5.13. The van der Waals surface area contributed by atoms with Crippen molar-refractivity contribution in [1.29, 1.82) is 5.26 Å². The zero-order valence-electron chi connectivity index (χ0n) is 10.8. The Morgan fingerprint density at radius 1 is 1.28 bits per heavy atom. The molecule has 3 nitrogen and oxygen atoms in total. The highest BCUT2D eigenvalue weighted by Crippen LogP contribution is 2.26. The molecule has 2 N–H and O–H groups in total. The highest BCUT2D eigenvalue weighted by molar-refractivity contribution is 5.47. The van der Waals surface area contributed by atoms with Gasteiger partial charge in [0.05, 0.1) is 12.5 Å². The van der Waals surface area contributed by atoms with Crippen molar-refractivity contribution in [3.05, 3.63) is 30.3 Å². The number of rotatable bonds is 4. The molecule has 2 unspecified atom stereocenters. The quantitative estimate of drug-likeness (QED) is 0.884. The Morgan fingerprint density at radius 3 is 2.72 bits per heavy atom. The molecule has 96 valence electrons. The number of hydrogen-bond donors (Lipinski definition) is 1. The third-order valence-electron chi connectivity index (χ3n) is 3.68. The van der Waals surface area contributed by atoms with Crippen LogP contribution in [0.1, 0.15) is 32.1 Å². The molecule has 1 aromatic rings. The van der Waals surface area contributed by atoms with Crippen LogP contribution in [0.25, 0.3) is 0 Å². The van der Waals surface area contributed by atoms with Crippen LogP contribution in [-0.2, 0) is 0 Å². The largest absolute Gasteiger partial charge is 0.367 e. The maximum atomic E-state index is 8.81. The molecule has 0 heterocycles. The minimum atomic E-state index is 0.317. The molecule has 2 rings (SSSR count). The van der Waals surface area contributed by atoms with Crippen molar-refractivity contribution in [3.63, 3.8) is 0 Å². The third-order valence-corrected chi connectivity index (χ3v) is 3.68. The molecule has 1 aliphatic rings. The van der Waals surface area contributed by atoms with Crippen LogP contribution in [0.5, 0.6) is 0 Å². The van der Waals surface area contributed by atoms with Gasteiger partial charge in [-0.25, -0.2) is 0 Å². The molecule has 1 fully saturated rings. The second-order valence-electron chi connectivity index (χ2n) is 5.02. The van der Waals surface area contributed by atoms with E-state index in [4.69, 9.17) is 11.0 Å². The fourth-order valence-corrected chi connectivity index (χ4v) is 2.80. The third kappa shape index (κ3) is 3.24. The lowest BCUT2D eigenvalue weighted by atomic mass is 9.90. The van der Waals surface area contributed by atoms with Crippen LogP contribution in [0, 0.1) is 11.3 Å². The van der Waals surface area contributed by atoms with E-state index in [-0.39, 0.29) is 0 Å². The van der Waals surface area contributed by atoms with Crippen LogP contribution in [0.15, 0.2) is 30.3 Å². The summed E-state index contributed by atoms with van der Waals surface area (Å²) in [7, 11) is 0. The average Bonchev–Trinajstić information content (AvgIpc) is 2.40. The van der Waals surface area contributed by atoms with Crippen LogP contribution in [0.2, 0.25) is 0 Å². The molecule has 0 aromatic heterocycles. The molecular weight excluding hydrogens is 222 g/mol. The van der Waals surface area contributed by atoms with E-state index in [0.29, 0.717) is 18.5 Å². The molecule has 0 saturated heterocycles. The number of para-hydroxylation sites is 1. The van der Waals surface area contributed by atoms with Crippen molar-refractivity contribution in [2.75, 3.05) is 11.4 Å². The lowest BCUT2D eigenvalue weighted by Gasteiger charge is -2.37. The highest BCUT2D eigenvalue weighted by Gasteiger charge is 2.24. The van der Waals surface area contributed by atoms with Gasteiger partial charge in [0.2, 0.25) is 0 Å². The van der Waals surface area contributed by atoms with E-state index in [1.54, 1.807) is 0 Å². The van der Waals surface area contributed by atoms with Crippen LogP contribution in [0.3, 0.4) is 0 Å². The molecular formula is C15H21N3. The smallest absolute Gasteiger partial charge is 0.0640 e. The van der Waals surface area contributed by atoms with Gasteiger partial charge < -0.3 is 10.6 Å². The minimum Gasteiger partial charge on any atom is -0.367 e. The van der Waals surface area contributed by atoms with Gasteiger partial charge in [0.25, 0.3) is 0 Å². The molecule has 1 aliphatic carbocycles. The maximum absolute atomic E-state index is 8.81. The van der Waals surface area contributed by atoms with E-state index in [0.717, 1.165) is 19.4 Å². The Kier molecular flexibility index (Phi) is 4.60. The van der Waals surface area contributed by atoms with Crippen molar-refractivity contribution in [3.8, 4) is 6.07 Å². The predicted octanol–water partition coefficient (Wildman–Crippen LogP) is 2.68. The highest BCUT2D eigenvalue weighted by atomic mass is 15.2. The van der Waals surface area contributed by atoms with Crippen molar-refractivity contribution in [2.45, 2.75) is 44.2 Å². The summed E-state index contributed by atoms with van der Waals surface area (Å²) in [4.78, 5) is 2.36. The molecule has 1 aromatic carbocycles. The van der Waals surface area contributed by atoms with E-state index in [9.17, 15) is 0 Å². The van der Waals surface area contributed by atoms with Gasteiger partial charge in [0, 0.05) is 24.3 Å². The zero-order valence-corrected chi connectivity index (χ0v) is 10.8. The SMILES string of the molecule is N#CCCN(c1ccccc1)C1CCCC(N)C1. The van der Waals surface area contributed by atoms with Crippen molar-refractivity contribution in [2.24, 2.45) is 5.73 Å². The number of nitriles is 1. The Labute approximate surface area is 109 Å². The lowest BCUT2D eigenvalue weighted by molar-refractivity contribution is 0.374. The molecule has 2 atom stereocenters. The standard InChI is InChI=1S/C15H21N3/c16-10-5-11-18(14-7-2-1-3-8-14)15-9-4-6-13(17)12-15/h1-3,7-8,13,15H,4-6,9,11-12,17H2. The number of benzene rings is 1. The first-order chi connectivity index (χ1) is 8.81. The van der Waals surface area contributed by atoms with Gasteiger partial charge in [-0.2, -0.15) is 5.26 Å². The molecule has 0 spiro atoms. The molecule has 3 heteroatoms. The van der Waals surface area contributed by atoms with E-state index < -0.39 is 0 Å². The van der Waals surface area contributed by atoms with Crippen LogP contribution >= 0.6 is 0 Å². The van der Waals surface area contributed by atoms with Gasteiger partial charge in [-0.3, -0.25) is 0 Å². The van der Waals surface area contributed by atoms with E-state index in [1.807, 2.05) is 6.07 Å². The molecule has 0 bridgehead atoms. The number of hydrogen-bond acceptors (Lipinski definition) is 3. The second-order valence-corrected chi connectivity index (χ2v) is 5.02. The Balaban J connectivity index is 2.12. The van der Waals surface area contributed by atoms with E-state index in [2.05, 4.69) is 35.2 Å². The summed E-state index contributed by atoms with van der Waals surface area (Å²) >= 11 is 0. The summed E-state index contributed by atoms with van der Waals surface area (Å²) in [6, 6.07) is 13.4. The molecule has 18 heavy (non-hydrogen) atoms. The maximum Gasteiger partial charge on any atom is 0.0640 e.